The summed E-state index contributed by atoms with van der Waals surface area (Å²) in [5, 5.41) is 7.08. The van der Waals surface area contributed by atoms with Crippen LogP contribution in [0.5, 0.6) is 0 Å². The third kappa shape index (κ3) is 3.09. The number of ether oxygens (including phenoxy) is 1. The number of likely N-dealkylation sites (tertiary alicyclic amines) is 1. The summed E-state index contributed by atoms with van der Waals surface area (Å²) in [5.41, 5.74) is 0.661. The number of rotatable bonds is 3. The van der Waals surface area contributed by atoms with Gasteiger partial charge in [0.2, 0.25) is 5.91 Å². The second kappa shape index (κ2) is 6.79. The van der Waals surface area contributed by atoms with Crippen LogP contribution in [-0.4, -0.2) is 56.6 Å². The Morgan fingerprint density at radius 3 is 2.92 bits per heavy atom. The Kier molecular flexibility index (Phi) is 4.35. The molecule has 0 saturated carbocycles. The third-order valence-electron chi connectivity index (χ3n) is 4.84. The minimum atomic E-state index is -0.468. The Morgan fingerprint density at radius 2 is 2.08 bits per heavy atom. The zero-order valence-corrected chi connectivity index (χ0v) is 13.9. The number of nitrogens with one attached hydrogen (secondary N) is 1. The van der Waals surface area contributed by atoms with Crippen LogP contribution in [0.4, 0.5) is 5.82 Å². The van der Waals surface area contributed by atoms with Gasteiger partial charge in [-0.05, 0) is 38.2 Å². The molecule has 2 aliphatic heterocycles. The quantitative estimate of drug-likeness (QED) is 0.905. The van der Waals surface area contributed by atoms with Crippen molar-refractivity contribution in [3.05, 3.63) is 24.5 Å². The van der Waals surface area contributed by atoms with E-state index in [1.54, 1.807) is 33.9 Å². The number of piperidine rings is 1. The molecule has 8 heteroatoms. The molecule has 0 bridgehead atoms. The number of anilines is 1. The molecule has 0 spiro atoms. The molecule has 132 valence electrons. The monoisotopic (exact) mass is 343 g/mol. The second-order valence-corrected chi connectivity index (χ2v) is 6.47. The maximum absolute atomic E-state index is 12.9. The van der Waals surface area contributed by atoms with Crippen molar-refractivity contribution in [2.45, 2.75) is 44.2 Å². The van der Waals surface area contributed by atoms with E-state index in [-0.39, 0.29) is 11.8 Å². The first kappa shape index (κ1) is 16.0. The summed E-state index contributed by atoms with van der Waals surface area (Å²) >= 11 is 0. The van der Waals surface area contributed by atoms with Gasteiger partial charge in [0.05, 0.1) is 6.20 Å². The van der Waals surface area contributed by atoms with E-state index in [4.69, 9.17) is 4.74 Å². The molecule has 25 heavy (non-hydrogen) atoms. The number of nitrogens with zero attached hydrogens (tertiary/aromatic N) is 4. The van der Waals surface area contributed by atoms with Crippen molar-refractivity contribution in [3.8, 4) is 0 Å². The lowest BCUT2D eigenvalue weighted by Crippen LogP contribution is -2.53. The summed E-state index contributed by atoms with van der Waals surface area (Å²) in [6.45, 7) is 1.22. The minimum Gasteiger partial charge on any atom is -0.368 e. The summed E-state index contributed by atoms with van der Waals surface area (Å²) < 4.78 is 7.09. The highest BCUT2D eigenvalue weighted by atomic mass is 16.5. The van der Waals surface area contributed by atoms with Gasteiger partial charge in [-0.25, -0.2) is 4.98 Å². The molecule has 2 aromatic rings. The van der Waals surface area contributed by atoms with Gasteiger partial charge in [0.1, 0.15) is 18.0 Å². The fraction of sp³-hybridized carbons (Fsp3) is 0.529. The Hall–Kier alpha value is -2.48. The molecule has 2 amide bonds. The molecule has 4 rings (SSSR count). The van der Waals surface area contributed by atoms with E-state index in [0.717, 1.165) is 25.7 Å². The molecule has 0 aromatic carbocycles. The first-order valence-corrected chi connectivity index (χ1v) is 8.76. The fourth-order valence-corrected chi connectivity index (χ4v) is 3.56. The standard InChI is InChI=1S/C17H21N5O3/c23-16(20-15-6-8-18-14-7-9-19-22(14)15)12-4-1-2-10-21(12)17(24)13-5-3-11-25-13/h6-9,12-13H,1-5,10-11H2,(H,20,23). The number of hydrogen-bond donors (Lipinski definition) is 1. The van der Waals surface area contributed by atoms with Gasteiger partial charge in [-0.2, -0.15) is 9.61 Å². The normalized spacial score (nSPS) is 23.8. The number of fused-ring (bicyclic) bond motifs is 1. The van der Waals surface area contributed by atoms with Gasteiger partial charge in [0, 0.05) is 25.4 Å². The van der Waals surface area contributed by atoms with Crippen molar-refractivity contribution in [2.75, 3.05) is 18.5 Å². The average Bonchev–Trinajstić information content (AvgIpc) is 3.33. The molecule has 2 fully saturated rings. The maximum Gasteiger partial charge on any atom is 0.252 e. The zero-order valence-electron chi connectivity index (χ0n) is 13.9. The lowest BCUT2D eigenvalue weighted by Gasteiger charge is -2.36. The number of carbonyl (C=O) groups excluding carboxylic acids is 2. The van der Waals surface area contributed by atoms with E-state index in [2.05, 4.69) is 15.4 Å². The number of amides is 2. The topological polar surface area (TPSA) is 88.8 Å². The maximum atomic E-state index is 12.9. The van der Waals surface area contributed by atoms with Gasteiger partial charge in [0.15, 0.2) is 5.65 Å². The lowest BCUT2D eigenvalue weighted by molar-refractivity contribution is -0.148. The molecular weight excluding hydrogens is 322 g/mol. The van der Waals surface area contributed by atoms with Gasteiger partial charge >= 0.3 is 0 Å². The molecule has 2 unspecified atom stereocenters. The second-order valence-electron chi connectivity index (χ2n) is 6.47. The van der Waals surface area contributed by atoms with Gasteiger partial charge in [-0.15, -0.1) is 0 Å². The Balaban J connectivity index is 1.52. The van der Waals surface area contributed by atoms with Crippen LogP contribution >= 0.6 is 0 Å². The van der Waals surface area contributed by atoms with Crippen molar-refractivity contribution >= 4 is 23.3 Å². The summed E-state index contributed by atoms with van der Waals surface area (Å²) in [6, 6.07) is 3.00. The lowest BCUT2D eigenvalue weighted by atomic mass is 10.00. The first-order valence-electron chi connectivity index (χ1n) is 8.76. The molecule has 0 radical (unpaired) electrons. The van der Waals surface area contributed by atoms with Crippen molar-refractivity contribution in [1.29, 1.82) is 0 Å². The van der Waals surface area contributed by atoms with Crippen LogP contribution in [0.3, 0.4) is 0 Å². The van der Waals surface area contributed by atoms with Crippen LogP contribution in [-0.2, 0) is 14.3 Å². The Labute approximate surface area is 145 Å². The highest BCUT2D eigenvalue weighted by Gasteiger charge is 2.37. The van der Waals surface area contributed by atoms with E-state index in [1.165, 1.54) is 0 Å². The predicted molar refractivity (Wildman–Crippen MR) is 89.9 cm³/mol. The molecule has 2 atom stereocenters. The van der Waals surface area contributed by atoms with Gasteiger partial charge in [-0.1, -0.05) is 0 Å². The van der Waals surface area contributed by atoms with Gasteiger partial charge < -0.3 is 15.0 Å². The fourth-order valence-electron chi connectivity index (χ4n) is 3.56. The van der Waals surface area contributed by atoms with E-state index in [9.17, 15) is 9.59 Å². The largest absolute Gasteiger partial charge is 0.368 e. The Morgan fingerprint density at radius 1 is 1.16 bits per heavy atom. The smallest absolute Gasteiger partial charge is 0.252 e. The van der Waals surface area contributed by atoms with Crippen molar-refractivity contribution in [2.24, 2.45) is 0 Å². The van der Waals surface area contributed by atoms with Crippen LogP contribution in [0.2, 0.25) is 0 Å². The van der Waals surface area contributed by atoms with Crippen LogP contribution in [0.25, 0.3) is 5.65 Å². The first-order chi connectivity index (χ1) is 12.2. The number of hydrogen-bond acceptors (Lipinski definition) is 5. The summed E-state index contributed by atoms with van der Waals surface area (Å²) in [4.78, 5) is 31.5. The number of carbonyl (C=O) groups is 2. The highest BCUT2D eigenvalue weighted by molar-refractivity contribution is 5.97. The number of aromatic nitrogens is 3. The van der Waals surface area contributed by atoms with Crippen molar-refractivity contribution in [3.63, 3.8) is 0 Å². The van der Waals surface area contributed by atoms with Crippen LogP contribution in [0, 0.1) is 0 Å². The van der Waals surface area contributed by atoms with Crippen molar-refractivity contribution < 1.29 is 14.3 Å². The van der Waals surface area contributed by atoms with Gasteiger partial charge in [0.25, 0.3) is 5.91 Å². The van der Waals surface area contributed by atoms with Crippen LogP contribution in [0.1, 0.15) is 32.1 Å². The molecule has 2 aliphatic rings. The average molecular weight is 343 g/mol. The molecule has 2 saturated heterocycles. The molecule has 1 N–H and O–H groups in total. The zero-order chi connectivity index (χ0) is 17.2. The van der Waals surface area contributed by atoms with Gasteiger partial charge in [-0.3, -0.25) is 9.59 Å². The third-order valence-corrected chi connectivity index (χ3v) is 4.84. The minimum absolute atomic E-state index is 0.0590. The summed E-state index contributed by atoms with van der Waals surface area (Å²) in [5.74, 6) is 0.306. The van der Waals surface area contributed by atoms with E-state index in [1.807, 2.05) is 0 Å². The highest BCUT2D eigenvalue weighted by Crippen LogP contribution is 2.23. The van der Waals surface area contributed by atoms with Crippen molar-refractivity contribution in [1.82, 2.24) is 19.5 Å². The summed E-state index contributed by atoms with van der Waals surface area (Å²) in [7, 11) is 0. The summed E-state index contributed by atoms with van der Waals surface area (Å²) in [6.07, 6.45) is 7.01. The molecule has 0 aliphatic carbocycles. The molecular formula is C17H21N5O3. The van der Waals surface area contributed by atoms with Crippen LogP contribution < -0.4 is 5.32 Å². The molecule has 2 aromatic heterocycles. The molecule has 8 nitrogen and oxygen atoms in total. The van der Waals surface area contributed by atoms with E-state index < -0.39 is 12.1 Å². The Bertz CT molecular complexity index is 783. The predicted octanol–water partition coefficient (Wildman–Crippen LogP) is 1.23. The molecule has 4 heterocycles. The van der Waals surface area contributed by atoms with Crippen LogP contribution in [0.15, 0.2) is 24.5 Å². The SMILES string of the molecule is O=C(Nc1ccnc2ccnn12)C1CCCCN1C(=O)C1CCCO1. The van der Waals surface area contributed by atoms with E-state index in [0.29, 0.717) is 31.0 Å². The van der Waals surface area contributed by atoms with E-state index >= 15 is 0 Å².